The van der Waals surface area contributed by atoms with Crippen LogP contribution >= 0.6 is 12.2 Å². The summed E-state index contributed by atoms with van der Waals surface area (Å²) in [6, 6.07) is 8.57. The van der Waals surface area contributed by atoms with E-state index in [2.05, 4.69) is 4.99 Å². The highest BCUT2D eigenvalue weighted by molar-refractivity contribution is 7.71. The fourth-order valence-electron chi connectivity index (χ4n) is 3.02. The number of aliphatic imine (C=N–C) groups is 1. The first-order valence-electron chi connectivity index (χ1n) is 9.08. The molecule has 1 aromatic carbocycles. The molecule has 2 rings (SSSR count). The highest BCUT2D eigenvalue weighted by Crippen LogP contribution is 2.17. The zero-order valence-electron chi connectivity index (χ0n) is 16.5. The van der Waals surface area contributed by atoms with E-state index in [1.807, 2.05) is 37.3 Å². The number of rotatable bonds is 7. The van der Waals surface area contributed by atoms with Crippen LogP contribution in [-0.2, 0) is 29.0 Å². The van der Waals surface area contributed by atoms with Crippen LogP contribution in [0.25, 0.3) is 0 Å². The molecule has 0 spiro atoms. The van der Waals surface area contributed by atoms with Gasteiger partial charge in [-0.3, -0.25) is 18.9 Å². The van der Waals surface area contributed by atoms with Gasteiger partial charge in [0, 0.05) is 19.5 Å². The molecule has 28 heavy (non-hydrogen) atoms. The van der Waals surface area contributed by atoms with Gasteiger partial charge >= 0.3 is 5.97 Å². The Morgan fingerprint density at radius 3 is 2.36 bits per heavy atom. The van der Waals surface area contributed by atoms with Crippen LogP contribution in [-0.4, -0.2) is 39.1 Å². The average molecular weight is 404 g/mol. The fourth-order valence-corrected chi connectivity index (χ4v) is 3.45. The Bertz CT molecular complexity index is 993. The van der Waals surface area contributed by atoms with Gasteiger partial charge in [-0.05, 0) is 38.6 Å². The molecule has 0 fully saturated rings. The van der Waals surface area contributed by atoms with Gasteiger partial charge in [0.05, 0.1) is 12.8 Å². The Labute approximate surface area is 168 Å². The summed E-state index contributed by atoms with van der Waals surface area (Å²) < 4.78 is 8.00. The minimum Gasteiger partial charge on any atom is -0.494 e. The Kier molecular flexibility index (Phi) is 7.28. The summed E-state index contributed by atoms with van der Waals surface area (Å²) >= 11 is 5.30. The molecule has 1 atom stereocenters. The number of aromatic hydroxyl groups is 1. The maximum Gasteiger partial charge on any atom is 0.330 e. The maximum absolute atomic E-state index is 12.9. The van der Waals surface area contributed by atoms with E-state index in [0.717, 1.165) is 5.56 Å². The van der Waals surface area contributed by atoms with Crippen molar-refractivity contribution >= 4 is 23.9 Å². The minimum atomic E-state index is -0.834. The number of hydrogen-bond acceptors (Lipinski definition) is 6. The lowest BCUT2D eigenvalue weighted by Gasteiger charge is -2.17. The van der Waals surface area contributed by atoms with E-state index in [1.165, 1.54) is 16.2 Å². The van der Waals surface area contributed by atoms with E-state index in [9.17, 15) is 14.7 Å². The molecule has 0 bridgehead atoms. The lowest BCUT2D eigenvalue weighted by molar-refractivity contribution is -0.142. The van der Waals surface area contributed by atoms with Crippen LogP contribution in [0.3, 0.4) is 0 Å². The van der Waals surface area contributed by atoms with Crippen molar-refractivity contribution in [3.63, 3.8) is 0 Å². The first-order valence-corrected chi connectivity index (χ1v) is 9.49. The number of aromatic nitrogens is 2. The second-order valence-corrected chi connectivity index (χ2v) is 6.58. The molecule has 7 nitrogen and oxygen atoms in total. The van der Waals surface area contributed by atoms with Crippen molar-refractivity contribution in [2.45, 2.75) is 46.3 Å². The number of hydrogen-bond donors (Lipinski definition) is 1. The Morgan fingerprint density at radius 2 is 1.82 bits per heavy atom. The van der Waals surface area contributed by atoms with Gasteiger partial charge in [-0.1, -0.05) is 30.3 Å². The van der Waals surface area contributed by atoms with E-state index in [-0.39, 0.29) is 21.9 Å². The van der Waals surface area contributed by atoms with Gasteiger partial charge in [-0.2, -0.15) is 0 Å². The predicted octanol–water partition coefficient (Wildman–Crippen LogP) is 2.72. The zero-order chi connectivity index (χ0) is 20.8. The molecule has 1 heterocycles. The summed E-state index contributed by atoms with van der Waals surface area (Å²) in [6.45, 7) is 5.98. The third-order valence-electron chi connectivity index (χ3n) is 4.49. The SMILES string of the molecule is CCn1c(O)c(C(C)=N[C@@H](Cc2ccccc2)C(=O)OC)c(=O)n(CC)c1=S. The van der Waals surface area contributed by atoms with Gasteiger partial charge in [0.1, 0.15) is 5.56 Å². The van der Waals surface area contributed by atoms with E-state index >= 15 is 0 Å². The summed E-state index contributed by atoms with van der Waals surface area (Å²) in [5.74, 6) is -0.756. The summed E-state index contributed by atoms with van der Waals surface area (Å²) in [7, 11) is 1.30. The van der Waals surface area contributed by atoms with Gasteiger partial charge in [0.15, 0.2) is 10.8 Å². The van der Waals surface area contributed by atoms with E-state index in [1.54, 1.807) is 13.8 Å². The molecule has 0 saturated heterocycles. The molecule has 0 radical (unpaired) electrons. The average Bonchev–Trinajstić information content (AvgIpc) is 2.68. The lowest BCUT2D eigenvalue weighted by atomic mass is 10.1. The molecule has 1 N–H and O–H groups in total. The number of carbonyl (C=O) groups excluding carboxylic acids is 1. The van der Waals surface area contributed by atoms with Gasteiger partial charge in [0.25, 0.3) is 5.56 Å². The van der Waals surface area contributed by atoms with E-state index < -0.39 is 17.6 Å². The zero-order valence-corrected chi connectivity index (χ0v) is 17.3. The fraction of sp³-hybridized carbons (Fsp3) is 0.400. The Hall–Kier alpha value is -2.74. The topological polar surface area (TPSA) is 85.8 Å². The van der Waals surface area contributed by atoms with Crippen LogP contribution in [0.5, 0.6) is 5.88 Å². The number of nitrogens with zero attached hydrogens (tertiary/aromatic N) is 3. The number of carbonyl (C=O) groups is 1. The monoisotopic (exact) mass is 403 g/mol. The van der Waals surface area contributed by atoms with Crippen molar-refractivity contribution in [3.8, 4) is 5.88 Å². The van der Waals surface area contributed by atoms with Crippen molar-refractivity contribution in [1.29, 1.82) is 0 Å². The second-order valence-electron chi connectivity index (χ2n) is 6.22. The minimum absolute atomic E-state index is 0.0410. The highest BCUT2D eigenvalue weighted by Gasteiger charge is 2.23. The number of esters is 1. The first-order chi connectivity index (χ1) is 13.3. The molecule has 0 saturated carbocycles. The number of ether oxygens (including phenoxy) is 1. The van der Waals surface area contributed by atoms with Crippen molar-refractivity contribution in [2.24, 2.45) is 4.99 Å². The van der Waals surface area contributed by atoms with Gasteiger partial charge in [-0.25, -0.2) is 4.79 Å². The molecule has 0 aliphatic carbocycles. The van der Waals surface area contributed by atoms with Gasteiger partial charge in [0.2, 0.25) is 5.88 Å². The van der Waals surface area contributed by atoms with Crippen LogP contribution in [0.2, 0.25) is 0 Å². The second kappa shape index (κ2) is 9.45. The molecule has 0 unspecified atom stereocenters. The third-order valence-corrected chi connectivity index (χ3v) is 4.93. The standard InChI is InChI=1S/C20H25N3O4S/c1-5-22-17(24)16(18(25)23(6-2)20(22)28)13(3)21-15(19(26)27-4)12-14-10-8-7-9-11-14/h7-11,15,24H,5-6,12H2,1-4H3/t15-/m0/s1. The van der Waals surface area contributed by atoms with Gasteiger partial charge in [-0.15, -0.1) is 0 Å². The maximum atomic E-state index is 12.9. The lowest BCUT2D eigenvalue weighted by Crippen LogP contribution is -2.31. The molecule has 1 aromatic heterocycles. The Morgan fingerprint density at radius 1 is 1.21 bits per heavy atom. The van der Waals surface area contributed by atoms with Crippen LogP contribution in [0.4, 0.5) is 0 Å². The largest absolute Gasteiger partial charge is 0.494 e. The third kappa shape index (κ3) is 4.39. The summed E-state index contributed by atoms with van der Waals surface area (Å²) in [4.78, 5) is 29.5. The smallest absolute Gasteiger partial charge is 0.330 e. The molecule has 0 aliphatic heterocycles. The van der Waals surface area contributed by atoms with Crippen molar-refractivity contribution in [2.75, 3.05) is 7.11 Å². The number of benzene rings is 1. The highest BCUT2D eigenvalue weighted by atomic mass is 32.1. The van der Waals surface area contributed by atoms with Crippen molar-refractivity contribution < 1.29 is 14.6 Å². The summed E-state index contributed by atoms with van der Waals surface area (Å²) in [5.41, 5.74) is 0.779. The predicted molar refractivity (Wildman–Crippen MR) is 111 cm³/mol. The van der Waals surface area contributed by atoms with Crippen molar-refractivity contribution in [1.82, 2.24) is 9.13 Å². The van der Waals surface area contributed by atoms with E-state index in [4.69, 9.17) is 17.0 Å². The van der Waals surface area contributed by atoms with Gasteiger partial charge < -0.3 is 9.84 Å². The molecular formula is C20H25N3O4S. The quantitative estimate of drug-likeness (QED) is 0.436. The molecule has 8 heteroatoms. The normalized spacial score (nSPS) is 12.6. The summed E-state index contributed by atoms with van der Waals surface area (Å²) in [6.07, 6.45) is 0.320. The molecule has 2 aromatic rings. The van der Waals surface area contributed by atoms with Crippen LogP contribution in [0, 0.1) is 4.77 Å². The van der Waals surface area contributed by atoms with Crippen molar-refractivity contribution in [3.05, 3.63) is 56.6 Å². The van der Waals surface area contributed by atoms with E-state index in [0.29, 0.717) is 19.5 Å². The summed E-state index contributed by atoms with van der Waals surface area (Å²) in [5, 5.41) is 10.6. The Balaban J connectivity index is 2.59. The molecule has 0 aliphatic rings. The molecule has 0 amide bonds. The number of methoxy groups -OCH3 is 1. The van der Waals surface area contributed by atoms with Crippen LogP contribution < -0.4 is 5.56 Å². The molecule has 150 valence electrons. The molecular weight excluding hydrogens is 378 g/mol. The van der Waals surface area contributed by atoms with Crippen LogP contribution in [0.1, 0.15) is 31.9 Å². The first kappa shape index (κ1) is 21.6. The van der Waals surface area contributed by atoms with Crippen LogP contribution in [0.15, 0.2) is 40.1 Å².